The van der Waals surface area contributed by atoms with Crippen molar-refractivity contribution in [1.29, 1.82) is 0 Å². The summed E-state index contributed by atoms with van der Waals surface area (Å²) >= 11 is 0. The van der Waals surface area contributed by atoms with Crippen molar-refractivity contribution in [1.82, 2.24) is 0 Å². The second kappa shape index (κ2) is 8.56. The fourth-order valence-electron chi connectivity index (χ4n) is 0.970. The lowest BCUT2D eigenvalue weighted by Gasteiger charge is -2.03. The van der Waals surface area contributed by atoms with Crippen LogP contribution in [0.25, 0.3) is 0 Å². The number of carbonyl (C=O) groups excluding carboxylic acids is 2. The Bertz CT molecular complexity index is 326. The third-order valence-electron chi connectivity index (χ3n) is 2.14. The van der Waals surface area contributed by atoms with Crippen LogP contribution in [0.1, 0.15) is 33.6 Å². The molecule has 0 heterocycles. The van der Waals surface area contributed by atoms with E-state index in [2.05, 4.69) is 4.74 Å². The molecule has 17 heavy (non-hydrogen) atoms. The first-order valence-corrected chi connectivity index (χ1v) is 5.63. The Morgan fingerprint density at radius 2 is 1.59 bits per heavy atom. The van der Waals surface area contributed by atoms with E-state index in [1.807, 2.05) is 6.92 Å². The van der Waals surface area contributed by atoms with Gasteiger partial charge in [-0.3, -0.25) is 0 Å². The van der Waals surface area contributed by atoms with Crippen LogP contribution in [0.5, 0.6) is 0 Å². The van der Waals surface area contributed by atoms with Gasteiger partial charge in [-0.25, -0.2) is 9.59 Å². The quantitative estimate of drug-likeness (QED) is 0.309. The minimum Gasteiger partial charge on any atom is -0.466 e. The maximum absolute atomic E-state index is 11.4. The SMILES string of the molecule is CCCCOC(=O)C(C)=CC=C(C)C(=O)OC. The van der Waals surface area contributed by atoms with Crippen LogP contribution in [0.2, 0.25) is 0 Å². The molecule has 0 aliphatic heterocycles. The van der Waals surface area contributed by atoms with Crippen LogP contribution in [0, 0.1) is 0 Å². The Labute approximate surface area is 102 Å². The molecular formula is C13H20O4. The summed E-state index contributed by atoms with van der Waals surface area (Å²) < 4.78 is 9.54. The van der Waals surface area contributed by atoms with Crippen LogP contribution in [0.15, 0.2) is 23.3 Å². The molecule has 4 heteroatoms. The van der Waals surface area contributed by atoms with Gasteiger partial charge in [0.25, 0.3) is 0 Å². The molecule has 0 aliphatic carbocycles. The Kier molecular flexibility index (Phi) is 7.76. The number of carbonyl (C=O) groups is 2. The fourth-order valence-corrected chi connectivity index (χ4v) is 0.970. The van der Waals surface area contributed by atoms with E-state index in [4.69, 9.17) is 4.74 Å². The molecule has 0 atom stereocenters. The highest BCUT2D eigenvalue weighted by Gasteiger charge is 2.05. The Morgan fingerprint density at radius 1 is 1.06 bits per heavy atom. The third kappa shape index (κ3) is 6.56. The van der Waals surface area contributed by atoms with E-state index < -0.39 is 5.97 Å². The third-order valence-corrected chi connectivity index (χ3v) is 2.14. The number of hydrogen-bond acceptors (Lipinski definition) is 4. The predicted molar refractivity (Wildman–Crippen MR) is 65.4 cm³/mol. The first kappa shape index (κ1) is 15.4. The van der Waals surface area contributed by atoms with Gasteiger partial charge in [0.1, 0.15) is 0 Å². The highest BCUT2D eigenvalue weighted by atomic mass is 16.5. The molecule has 0 fully saturated rings. The summed E-state index contributed by atoms with van der Waals surface area (Å²) in [7, 11) is 1.31. The maximum atomic E-state index is 11.4. The first-order chi connectivity index (χ1) is 8.02. The topological polar surface area (TPSA) is 52.6 Å². The van der Waals surface area contributed by atoms with Crippen molar-refractivity contribution in [3.63, 3.8) is 0 Å². The van der Waals surface area contributed by atoms with Gasteiger partial charge in [-0.2, -0.15) is 0 Å². The van der Waals surface area contributed by atoms with Crippen molar-refractivity contribution in [2.45, 2.75) is 33.6 Å². The average Bonchev–Trinajstić information content (AvgIpc) is 2.34. The molecule has 0 saturated heterocycles. The molecule has 0 aromatic heterocycles. The summed E-state index contributed by atoms with van der Waals surface area (Å²) in [6, 6.07) is 0. The highest BCUT2D eigenvalue weighted by Crippen LogP contribution is 2.02. The molecule has 0 aromatic carbocycles. The molecule has 0 saturated carbocycles. The van der Waals surface area contributed by atoms with Gasteiger partial charge >= 0.3 is 11.9 Å². The van der Waals surface area contributed by atoms with Crippen molar-refractivity contribution < 1.29 is 19.1 Å². The summed E-state index contributed by atoms with van der Waals surface area (Å²) in [5, 5.41) is 0. The van der Waals surface area contributed by atoms with Crippen LogP contribution in [0.4, 0.5) is 0 Å². The Balaban J connectivity index is 4.34. The second-order valence-electron chi connectivity index (χ2n) is 3.68. The van der Waals surface area contributed by atoms with Crippen molar-refractivity contribution in [2.75, 3.05) is 13.7 Å². The van der Waals surface area contributed by atoms with E-state index in [9.17, 15) is 9.59 Å². The van der Waals surface area contributed by atoms with Crippen LogP contribution >= 0.6 is 0 Å². The van der Waals surface area contributed by atoms with Crippen LogP contribution in [0.3, 0.4) is 0 Å². The van der Waals surface area contributed by atoms with Gasteiger partial charge in [0.15, 0.2) is 0 Å². The molecule has 0 bridgehead atoms. The number of unbranched alkanes of at least 4 members (excludes halogenated alkanes) is 1. The van der Waals surface area contributed by atoms with Crippen LogP contribution < -0.4 is 0 Å². The minimum absolute atomic E-state index is 0.354. The number of methoxy groups -OCH3 is 1. The minimum atomic E-state index is -0.409. The van der Waals surface area contributed by atoms with Crippen LogP contribution in [-0.4, -0.2) is 25.7 Å². The fraction of sp³-hybridized carbons (Fsp3) is 0.538. The maximum Gasteiger partial charge on any atom is 0.333 e. The van der Waals surface area contributed by atoms with E-state index in [0.717, 1.165) is 12.8 Å². The molecule has 0 amide bonds. The highest BCUT2D eigenvalue weighted by molar-refractivity contribution is 5.90. The van der Waals surface area contributed by atoms with Crippen molar-refractivity contribution in [2.24, 2.45) is 0 Å². The van der Waals surface area contributed by atoms with Gasteiger partial charge in [0.2, 0.25) is 0 Å². The van der Waals surface area contributed by atoms with Crippen molar-refractivity contribution in [3.8, 4) is 0 Å². The van der Waals surface area contributed by atoms with Gasteiger partial charge in [0, 0.05) is 11.1 Å². The molecule has 96 valence electrons. The second-order valence-corrected chi connectivity index (χ2v) is 3.68. The molecule has 0 unspecified atom stereocenters. The summed E-state index contributed by atoms with van der Waals surface area (Å²) in [4.78, 5) is 22.5. The van der Waals surface area contributed by atoms with E-state index in [1.54, 1.807) is 26.0 Å². The molecule has 0 spiro atoms. The number of rotatable bonds is 6. The number of esters is 2. The summed E-state index contributed by atoms with van der Waals surface area (Å²) in [6.07, 6.45) is 4.94. The smallest absolute Gasteiger partial charge is 0.333 e. The number of hydrogen-bond donors (Lipinski definition) is 0. The lowest BCUT2D eigenvalue weighted by Crippen LogP contribution is -2.07. The Hall–Kier alpha value is -1.58. The molecule has 0 aromatic rings. The number of allylic oxidation sites excluding steroid dienone is 2. The molecule has 0 rings (SSSR count). The van der Waals surface area contributed by atoms with E-state index in [-0.39, 0.29) is 5.97 Å². The molecule has 4 nitrogen and oxygen atoms in total. The summed E-state index contributed by atoms with van der Waals surface area (Å²) in [6.45, 7) is 5.73. The van der Waals surface area contributed by atoms with Gasteiger partial charge in [-0.15, -0.1) is 0 Å². The normalized spacial score (nSPS) is 12.2. The Morgan fingerprint density at radius 3 is 2.06 bits per heavy atom. The van der Waals surface area contributed by atoms with Gasteiger partial charge < -0.3 is 9.47 Å². The van der Waals surface area contributed by atoms with E-state index in [0.29, 0.717) is 17.8 Å². The van der Waals surface area contributed by atoms with Gasteiger partial charge in [0.05, 0.1) is 13.7 Å². The van der Waals surface area contributed by atoms with Crippen LogP contribution in [-0.2, 0) is 19.1 Å². The molecule has 0 N–H and O–H groups in total. The summed E-state index contributed by atoms with van der Waals surface area (Å²) in [5.41, 5.74) is 0.901. The summed E-state index contributed by atoms with van der Waals surface area (Å²) in [5.74, 6) is -0.763. The van der Waals surface area contributed by atoms with E-state index >= 15 is 0 Å². The zero-order valence-electron chi connectivity index (χ0n) is 10.9. The monoisotopic (exact) mass is 240 g/mol. The van der Waals surface area contributed by atoms with Gasteiger partial charge in [-0.05, 0) is 20.3 Å². The van der Waals surface area contributed by atoms with Gasteiger partial charge in [-0.1, -0.05) is 25.5 Å². The number of ether oxygens (including phenoxy) is 2. The lowest BCUT2D eigenvalue weighted by atomic mass is 10.2. The zero-order valence-corrected chi connectivity index (χ0v) is 10.9. The first-order valence-electron chi connectivity index (χ1n) is 5.63. The molecule has 0 radical (unpaired) electrons. The van der Waals surface area contributed by atoms with Crippen molar-refractivity contribution >= 4 is 11.9 Å². The largest absolute Gasteiger partial charge is 0.466 e. The average molecular weight is 240 g/mol. The zero-order chi connectivity index (χ0) is 13.3. The van der Waals surface area contributed by atoms with Crippen molar-refractivity contribution in [3.05, 3.63) is 23.3 Å². The lowest BCUT2D eigenvalue weighted by molar-refractivity contribution is -0.139. The standard InChI is InChI=1S/C13H20O4/c1-5-6-9-17-13(15)11(3)8-7-10(2)12(14)16-4/h7-8H,5-6,9H2,1-4H3. The molecular weight excluding hydrogens is 220 g/mol. The predicted octanol–water partition coefficient (Wildman–Crippen LogP) is 2.40. The van der Waals surface area contributed by atoms with E-state index in [1.165, 1.54) is 7.11 Å². The molecule has 0 aliphatic rings.